The van der Waals surface area contributed by atoms with Gasteiger partial charge in [-0.25, -0.2) is 0 Å². The molecule has 0 spiro atoms. The van der Waals surface area contributed by atoms with E-state index >= 15 is 0 Å². The van der Waals surface area contributed by atoms with Gasteiger partial charge in [-0.15, -0.1) is 11.3 Å². The Labute approximate surface area is 98.1 Å². The van der Waals surface area contributed by atoms with Crippen molar-refractivity contribution in [3.8, 4) is 6.07 Å². The van der Waals surface area contributed by atoms with E-state index in [0.29, 0.717) is 5.56 Å². The molecule has 82 valence electrons. The molecule has 0 unspecified atom stereocenters. The van der Waals surface area contributed by atoms with Crippen LogP contribution in [0.4, 0.5) is 5.82 Å². The number of nitrogens with one attached hydrogen (secondary N) is 1. The third kappa shape index (κ3) is 1.92. The minimum absolute atomic E-state index is 0.624. The Morgan fingerprint density at radius 3 is 3.06 bits per heavy atom. The lowest BCUT2D eigenvalue weighted by molar-refractivity contribution is 0.758. The largest absolute Gasteiger partial charge is 0.364 e. The highest BCUT2D eigenvalue weighted by Gasteiger charge is 2.12. The normalized spacial score (nSPS) is 10.1. The van der Waals surface area contributed by atoms with E-state index in [4.69, 9.17) is 5.26 Å². The Morgan fingerprint density at radius 2 is 2.44 bits per heavy atom. The van der Waals surface area contributed by atoms with Gasteiger partial charge in [-0.3, -0.25) is 4.68 Å². The summed E-state index contributed by atoms with van der Waals surface area (Å²) in [5.41, 5.74) is 1.39. The first-order chi connectivity index (χ1) is 7.72. The van der Waals surface area contributed by atoms with Crippen molar-refractivity contribution in [2.75, 3.05) is 5.32 Å². The fourth-order valence-electron chi connectivity index (χ4n) is 1.58. The molecule has 0 atom stereocenters. The van der Waals surface area contributed by atoms with E-state index in [1.54, 1.807) is 16.0 Å². The van der Waals surface area contributed by atoms with E-state index in [1.165, 1.54) is 4.88 Å². The maximum atomic E-state index is 9.03. The van der Waals surface area contributed by atoms with Gasteiger partial charge in [0.15, 0.2) is 0 Å². The van der Waals surface area contributed by atoms with Crippen molar-refractivity contribution in [1.29, 1.82) is 5.26 Å². The molecule has 1 N–H and O–H groups in total. The number of rotatable bonds is 3. The van der Waals surface area contributed by atoms with Crippen LogP contribution in [-0.4, -0.2) is 9.78 Å². The molecule has 0 bridgehead atoms. The summed E-state index contributed by atoms with van der Waals surface area (Å²) in [4.78, 5) is 1.24. The number of anilines is 1. The molecule has 5 heteroatoms. The number of thiophene rings is 1. The Balaban J connectivity index is 2.19. The van der Waals surface area contributed by atoms with E-state index in [2.05, 4.69) is 22.6 Å². The maximum Gasteiger partial charge on any atom is 0.142 e. The Morgan fingerprint density at radius 1 is 1.62 bits per heavy atom. The summed E-state index contributed by atoms with van der Waals surface area (Å²) in [6, 6.07) is 6.25. The smallest absolute Gasteiger partial charge is 0.142 e. The molecule has 2 rings (SSSR count). The lowest BCUT2D eigenvalue weighted by Gasteiger charge is -2.05. The molecule has 0 aliphatic heterocycles. The standard InChI is InChI=1S/C11H12N4S/c1-8-10(6-12)11(15(2)14-8)13-7-9-4-3-5-16-9/h3-5,13H,7H2,1-2H3. The minimum atomic E-state index is 0.624. The van der Waals surface area contributed by atoms with Crippen molar-refractivity contribution >= 4 is 17.2 Å². The van der Waals surface area contributed by atoms with Crippen LogP contribution in [0.2, 0.25) is 0 Å². The molecule has 0 fully saturated rings. The van der Waals surface area contributed by atoms with Gasteiger partial charge in [-0.1, -0.05) is 6.07 Å². The number of hydrogen-bond acceptors (Lipinski definition) is 4. The van der Waals surface area contributed by atoms with E-state index < -0.39 is 0 Å². The van der Waals surface area contributed by atoms with Crippen LogP contribution in [-0.2, 0) is 13.6 Å². The fourth-order valence-corrected chi connectivity index (χ4v) is 2.22. The lowest BCUT2D eigenvalue weighted by Crippen LogP contribution is -2.04. The molecule has 0 aromatic carbocycles. The van der Waals surface area contributed by atoms with Crippen LogP contribution in [0.25, 0.3) is 0 Å². The molecule has 2 aromatic rings. The number of nitrogens with zero attached hydrogens (tertiary/aromatic N) is 3. The van der Waals surface area contributed by atoms with Crippen molar-refractivity contribution in [3.05, 3.63) is 33.6 Å². The molecule has 2 heterocycles. The van der Waals surface area contributed by atoms with Gasteiger partial charge < -0.3 is 5.32 Å². The minimum Gasteiger partial charge on any atom is -0.364 e. The monoisotopic (exact) mass is 232 g/mol. The van der Waals surface area contributed by atoms with E-state index in [9.17, 15) is 0 Å². The van der Waals surface area contributed by atoms with Crippen molar-refractivity contribution in [1.82, 2.24) is 9.78 Å². The topological polar surface area (TPSA) is 53.6 Å². The Bertz CT molecular complexity index is 519. The summed E-state index contributed by atoms with van der Waals surface area (Å²) in [6.07, 6.45) is 0. The van der Waals surface area contributed by atoms with E-state index in [1.807, 2.05) is 25.4 Å². The molecule has 0 amide bonds. The maximum absolute atomic E-state index is 9.03. The summed E-state index contributed by atoms with van der Waals surface area (Å²) in [5.74, 6) is 0.786. The van der Waals surface area contributed by atoms with Crippen molar-refractivity contribution in [3.63, 3.8) is 0 Å². The van der Waals surface area contributed by atoms with Crippen LogP contribution in [0.15, 0.2) is 17.5 Å². The zero-order valence-corrected chi connectivity index (χ0v) is 10.0. The number of hydrogen-bond donors (Lipinski definition) is 1. The van der Waals surface area contributed by atoms with Crippen molar-refractivity contribution < 1.29 is 0 Å². The van der Waals surface area contributed by atoms with Gasteiger partial charge in [0.2, 0.25) is 0 Å². The first kappa shape index (κ1) is 10.7. The zero-order valence-electron chi connectivity index (χ0n) is 9.19. The molecule has 16 heavy (non-hydrogen) atoms. The van der Waals surface area contributed by atoms with Crippen LogP contribution >= 0.6 is 11.3 Å². The Hall–Kier alpha value is -1.80. The number of aryl methyl sites for hydroxylation is 2. The van der Waals surface area contributed by atoms with Gasteiger partial charge in [0.05, 0.1) is 12.2 Å². The molecule has 0 saturated carbocycles. The molecule has 4 nitrogen and oxygen atoms in total. The van der Waals surface area contributed by atoms with Gasteiger partial charge in [0.25, 0.3) is 0 Å². The molecular weight excluding hydrogens is 220 g/mol. The SMILES string of the molecule is Cc1nn(C)c(NCc2cccs2)c1C#N. The zero-order chi connectivity index (χ0) is 11.5. The second-order valence-electron chi connectivity index (χ2n) is 3.48. The summed E-state index contributed by atoms with van der Waals surface area (Å²) >= 11 is 1.69. The predicted molar refractivity (Wildman–Crippen MR) is 64.3 cm³/mol. The highest BCUT2D eigenvalue weighted by Crippen LogP contribution is 2.19. The third-order valence-corrected chi connectivity index (χ3v) is 3.22. The predicted octanol–water partition coefficient (Wildman–Crippen LogP) is 2.27. The Kier molecular flexibility index (Phi) is 2.93. The van der Waals surface area contributed by atoms with E-state index in [0.717, 1.165) is 18.1 Å². The number of aromatic nitrogens is 2. The van der Waals surface area contributed by atoms with Crippen LogP contribution in [0.5, 0.6) is 0 Å². The summed E-state index contributed by atoms with van der Waals surface area (Å²) < 4.78 is 1.71. The van der Waals surface area contributed by atoms with Crippen LogP contribution < -0.4 is 5.32 Å². The van der Waals surface area contributed by atoms with Gasteiger partial charge in [0, 0.05) is 11.9 Å². The first-order valence-corrected chi connectivity index (χ1v) is 5.80. The van der Waals surface area contributed by atoms with Crippen LogP contribution in [0, 0.1) is 18.3 Å². The van der Waals surface area contributed by atoms with Gasteiger partial charge in [-0.05, 0) is 18.4 Å². The van der Waals surface area contributed by atoms with Crippen molar-refractivity contribution in [2.45, 2.75) is 13.5 Å². The van der Waals surface area contributed by atoms with Crippen molar-refractivity contribution in [2.24, 2.45) is 7.05 Å². The third-order valence-electron chi connectivity index (χ3n) is 2.34. The molecule has 0 radical (unpaired) electrons. The lowest BCUT2D eigenvalue weighted by atomic mass is 10.2. The van der Waals surface area contributed by atoms with Crippen LogP contribution in [0.1, 0.15) is 16.1 Å². The van der Waals surface area contributed by atoms with E-state index in [-0.39, 0.29) is 0 Å². The second-order valence-corrected chi connectivity index (χ2v) is 4.51. The fraction of sp³-hybridized carbons (Fsp3) is 0.273. The molecule has 0 aliphatic rings. The molecule has 0 saturated heterocycles. The average molecular weight is 232 g/mol. The average Bonchev–Trinajstić information content (AvgIpc) is 2.83. The van der Waals surface area contributed by atoms with Gasteiger partial charge in [0.1, 0.15) is 17.5 Å². The molecular formula is C11H12N4S. The highest BCUT2D eigenvalue weighted by atomic mass is 32.1. The first-order valence-electron chi connectivity index (χ1n) is 4.92. The quantitative estimate of drug-likeness (QED) is 0.883. The highest BCUT2D eigenvalue weighted by molar-refractivity contribution is 7.09. The van der Waals surface area contributed by atoms with Gasteiger partial charge in [-0.2, -0.15) is 10.4 Å². The summed E-state index contributed by atoms with van der Waals surface area (Å²) in [6.45, 7) is 2.57. The van der Waals surface area contributed by atoms with Gasteiger partial charge >= 0.3 is 0 Å². The molecule has 0 aliphatic carbocycles. The number of nitriles is 1. The molecule has 2 aromatic heterocycles. The van der Waals surface area contributed by atoms with Crippen LogP contribution in [0.3, 0.4) is 0 Å². The summed E-state index contributed by atoms with van der Waals surface area (Å²) in [5, 5.41) is 18.5. The summed E-state index contributed by atoms with van der Waals surface area (Å²) in [7, 11) is 1.84. The second kappa shape index (κ2) is 4.37.